The first kappa shape index (κ1) is 15.1. The molecule has 0 saturated carbocycles. The van der Waals surface area contributed by atoms with Gasteiger partial charge in [0.1, 0.15) is 17.1 Å². The van der Waals surface area contributed by atoms with Gasteiger partial charge in [0.2, 0.25) is 0 Å². The van der Waals surface area contributed by atoms with Gasteiger partial charge in [-0.1, -0.05) is 47.8 Å². The zero-order chi connectivity index (χ0) is 14.7. The molecule has 0 aliphatic heterocycles. The number of phenols is 1. The highest BCUT2D eigenvalue weighted by Crippen LogP contribution is 2.36. The van der Waals surface area contributed by atoms with Gasteiger partial charge in [-0.25, -0.2) is 0 Å². The zero-order valence-electron chi connectivity index (χ0n) is 10.6. The molecule has 6 heteroatoms. The van der Waals surface area contributed by atoms with Gasteiger partial charge in [-0.2, -0.15) is 0 Å². The molecule has 0 radical (unpaired) electrons. The lowest BCUT2D eigenvalue weighted by Crippen LogP contribution is -1.78. The average Bonchev–Trinajstić information content (AvgIpc) is 2.43. The van der Waals surface area contributed by atoms with E-state index in [9.17, 15) is 5.11 Å². The van der Waals surface area contributed by atoms with E-state index in [1.165, 1.54) is 12.1 Å². The van der Waals surface area contributed by atoms with Crippen LogP contribution in [0.5, 0.6) is 5.75 Å². The van der Waals surface area contributed by atoms with Crippen molar-refractivity contribution in [3.05, 3.63) is 51.0 Å². The van der Waals surface area contributed by atoms with Crippen LogP contribution in [0, 0.1) is 0 Å². The third kappa shape index (κ3) is 3.42. The highest BCUT2D eigenvalue weighted by molar-refractivity contribution is 6.43. The molecule has 0 aliphatic rings. The Bertz CT molecular complexity index is 672. The van der Waals surface area contributed by atoms with Crippen molar-refractivity contribution >= 4 is 46.2 Å². The van der Waals surface area contributed by atoms with Crippen LogP contribution in [-0.2, 0) is 6.42 Å². The second kappa shape index (κ2) is 6.44. The van der Waals surface area contributed by atoms with E-state index in [-0.39, 0.29) is 5.75 Å². The van der Waals surface area contributed by atoms with Gasteiger partial charge in [0.15, 0.2) is 0 Å². The molecule has 0 amide bonds. The Morgan fingerprint density at radius 3 is 2.25 bits per heavy atom. The van der Waals surface area contributed by atoms with Gasteiger partial charge in [-0.15, -0.1) is 10.2 Å². The molecule has 104 valence electrons. The molecule has 0 atom stereocenters. The van der Waals surface area contributed by atoms with Crippen molar-refractivity contribution in [3.8, 4) is 5.75 Å². The Morgan fingerprint density at radius 2 is 1.55 bits per heavy atom. The number of aromatic hydroxyl groups is 1. The minimum absolute atomic E-state index is 0.0575. The maximum absolute atomic E-state index is 9.74. The van der Waals surface area contributed by atoms with Crippen molar-refractivity contribution in [2.24, 2.45) is 10.2 Å². The Morgan fingerprint density at radius 1 is 0.900 bits per heavy atom. The molecule has 0 spiro atoms. The monoisotopic (exact) mass is 328 g/mol. The molecule has 1 N–H and O–H groups in total. The molecule has 0 aromatic heterocycles. The first-order valence-corrected chi connectivity index (χ1v) is 7.03. The van der Waals surface area contributed by atoms with Gasteiger partial charge in [0.25, 0.3) is 0 Å². The number of rotatable bonds is 3. The van der Waals surface area contributed by atoms with Crippen molar-refractivity contribution in [3.63, 3.8) is 0 Å². The molecular weight excluding hydrogens is 319 g/mol. The summed E-state index contributed by atoms with van der Waals surface area (Å²) < 4.78 is 0. The van der Waals surface area contributed by atoms with Crippen LogP contribution >= 0.6 is 34.8 Å². The quantitative estimate of drug-likeness (QED) is 0.519. The summed E-state index contributed by atoms with van der Waals surface area (Å²) in [6.45, 7) is 2.02. The maximum Gasteiger partial charge on any atom is 0.143 e. The van der Waals surface area contributed by atoms with E-state index in [0.29, 0.717) is 26.4 Å². The molecule has 0 bridgehead atoms. The maximum atomic E-state index is 9.74. The summed E-state index contributed by atoms with van der Waals surface area (Å²) in [4.78, 5) is 0. The van der Waals surface area contributed by atoms with Crippen molar-refractivity contribution in [2.45, 2.75) is 13.3 Å². The second-order valence-electron chi connectivity index (χ2n) is 4.09. The fraction of sp³-hybridized carbons (Fsp3) is 0.143. The molecule has 3 nitrogen and oxygen atoms in total. The predicted octanol–water partition coefficient (Wildman–Crippen LogP) is 6.33. The summed E-state index contributed by atoms with van der Waals surface area (Å²) in [5.41, 5.74) is 1.82. The Balaban J connectivity index is 2.36. The number of aryl methyl sites for hydroxylation is 1. The fourth-order valence-electron chi connectivity index (χ4n) is 1.57. The number of azo groups is 1. The van der Waals surface area contributed by atoms with Crippen LogP contribution in [0.25, 0.3) is 0 Å². The Kier molecular flexibility index (Phi) is 4.86. The Labute approximate surface area is 131 Å². The predicted molar refractivity (Wildman–Crippen MR) is 83.1 cm³/mol. The molecule has 20 heavy (non-hydrogen) atoms. The van der Waals surface area contributed by atoms with Crippen LogP contribution in [0.4, 0.5) is 11.4 Å². The largest absolute Gasteiger partial charge is 0.506 e. The minimum Gasteiger partial charge on any atom is -0.506 e. The van der Waals surface area contributed by atoms with Crippen LogP contribution < -0.4 is 0 Å². The average molecular weight is 330 g/mol. The van der Waals surface area contributed by atoms with E-state index < -0.39 is 0 Å². The number of hydrogen-bond acceptors (Lipinski definition) is 3. The number of nitrogens with zero attached hydrogens (tertiary/aromatic N) is 2. The molecule has 2 aromatic rings. The molecule has 2 aromatic carbocycles. The lowest BCUT2D eigenvalue weighted by atomic mass is 10.1. The van der Waals surface area contributed by atoms with Gasteiger partial charge in [-0.3, -0.25) is 0 Å². The smallest absolute Gasteiger partial charge is 0.143 e. The molecule has 0 fully saturated rings. The third-order valence-corrected chi connectivity index (χ3v) is 3.73. The second-order valence-corrected chi connectivity index (χ2v) is 5.32. The topological polar surface area (TPSA) is 45.0 Å². The number of halogens is 3. The molecule has 2 rings (SSSR count). The van der Waals surface area contributed by atoms with E-state index in [1.807, 2.05) is 13.0 Å². The van der Waals surface area contributed by atoms with Crippen LogP contribution in [0.3, 0.4) is 0 Å². The lowest BCUT2D eigenvalue weighted by molar-refractivity contribution is 0.476. The van der Waals surface area contributed by atoms with E-state index in [4.69, 9.17) is 34.8 Å². The molecule has 0 heterocycles. The van der Waals surface area contributed by atoms with Crippen molar-refractivity contribution in [1.82, 2.24) is 0 Å². The van der Waals surface area contributed by atoms with E-state index >= 15 is 0 Å². The van der Waals surface area contributed by atoms with Crippen LogP contribution in [0.1, 0.15) is 12.5 Å². The summed E-state index contributed by atoms with van der Waals surface area (Å²) >= 11 is 17.8. The van der Waals surface area contributed by atoms with Crippen LogP contribution in [0.2, 0.25) is 15.1 Å². The SMILES string of the molecule is CCc1ccc(O)c(N=Nc2cc(Cl)c(Cl)cc2Cl)c1. The van der Waals surface area contributed by atoms with Crippen molar-refractivity contribution in [1.29, 1.82) is 0 Å². The van der Waals surface area contributed by atoms with Crippen LogP contribution in [0.15, 0.2) is 40.6 Å². The summed E-state index contributed by atoms with van der Waals surface area (Å²) in [6, 6.07) is 8.22. The molecule has 0 saturated heterocycles. The van der Waals surface area contributed by atoms with Crippen molar-refractivity contribution < 1.29 is 5.11 Å². The summed E-state index contributed by atoms with van der Waals surface area (Å²) in [7, 11) is 0. The van der Waals surface area contributed by atoms with Crippen LogP contribution in [-0.4, -0.2) is 5.11 Å². The molecule has 0 unspecified atom stereocenters. The van der Waals surface area contributed by atoms with Gasteiger partial charge < -0.3 is 5.11 Å². The normalized spacial score (nSPS) is 11.2. The highest BCUT2D eigenvalue weighted by atomic mass is 35.5. The lowest BCUT2D eigenvalue weighted by Gasteiger charge is -2.02. The number of benzene rings is 2. The van der Waals surface area contributed by atoms with Gasteiger partial charge in [-0.05, 0) is 36.2 Å². The highest BCUT2D eigenvalue weighted by Gasteiger charge is 2.06. The van der Waals surface area contributed by atoms with E-state index in [0.717, 1.165) is 12.0 Å². The molecular formula is C14H11Cl3N2O. The van der Waals surface area contributed by atoms with E-state index in [2.05, 4.69) is 10.2 Å². The summed E-state index contributed by atoms with van der Waals surface area (Å²) in [5, 5.41) is 18.8. The fourth-order valence-corrected chi connectivity index (χ4v) is 2.14. The number of phenolic OH excluding ortho intramolecular Hbond substituents is 1. The number of hydrogen-bond donors (Lipinski definition) is 1. The zero-order valence-corrected chi connectivity index (χ0v) is 12.8. The standard InChI is InChI=1S/C14H11Cl3N2O/c1-2-8-3-4-14(20)13(5-8)19-18-12-7-10(16)9(15)6-11(12)17/h3-7,20H,2H2,1H3. The summed E-state index contributed by atoms with van der Waals surface area (Å²) in [6.07, 6.45) is 0.844. The first-order valence-electron chi connectivity index (χ1n) is 5.89. The Hall–Kier alpha value is -1.29. The minimum atomic E-state index is 0.0575. The summed E-state index contributed by atoms with van der Waals surface area (Å²) in [5.74, 6) is 0.0575. The molecule has 0 aliphatic carbocycles. The van der Waals surface area contributed by atoms with Crippen molar-refractivity contribution in [2.75, 3.05) is 0 Å². The van der Waals surface area contributed by atoms with Gasteiger partial charge in [0, 0.05) is 0 Å². The third-order valence-electron chi connectivity index (χ3n) is 2.70. The first-order chi connectivity index (χ1) is 9.51. The van der Waals surface area contributed by atoms with Gasteiger partial charge in [0.05, 0.1) is 15.1 Å². The van der Waals surface area contributed by atoms with Gasteiger partial charge >= 0.3 is 0 Å². The van der Waals surface area contributed by atoms with E-state index in [1.54, 1.807) is 12.1 Å².